The van der Waals surface area contributed by atoms with Gasteiger partial charge in [-0.25, -0.2) is 0 Å². The molecule has 0 aliphatic carbocycles. The number of hydrogen-bond donors (Lipinski definition) is 0. The molecule has 0 aliphatic heterocycles. The molecule has 0 saturated heterocycles. The zero-order chi connectivity index (χ0) is 19.5. The standard InChI is InChI=1S/C17H24N2O7/c1-4-26-11-5-9-18(10-8-16(20)25-3)17(21)13-6-7-15(24-2)14(12-13)19(22)23/h6-7,12H,4-5,8-11H2,1-3H3. The van der Waals surface area contributed by atoms with E-state index < -0.39 is 16.8 Å². The van der Waals surface area contributed by atoms with Gasteiger partial charge in [-0.05, 0) is 25.5 Å². The largest absolute Gasteiger partial charge is 0.490 e. The van der Waals surface area contributed by atoms with Crippen LogP contribution in [0.5, 0.6) is 5.75 Å². The van der Waals surface area contributed by atoms with E-state index in [-0.39, 0.29) is 30.0 Å². The second kappa shape index (κ2) is 11.0. The van der Waals surface area contributed by atoms with Crippen LogP contribution in [-0.2, 0) is 14.3 Å². The number of hydrogen-bond acceptors (Lipinski definition) is 7. The lowest BCUT2D eigenvalue weighted by atomic mass is 10.1. The van der Waals surface area contributed by atoms with Crippen LogP contribution >= 0.6 is 0 Å². The number of esters is 1. The molecule has 0 heterocycles. The molecular formula is C17H24N2O7. The molecule has 0 fully saturated rings. The Hall–Kier alpha value is -2.68. The van der Waals surface area contributed by atoms with Crippen LogP contribution in [0.4, 0.5) is 5.69 Å². The van der Waals surface area contributed by atoms with E-state index >= 15 is 0 Å². The fourth-order valence-corrected chi connectivity index (χ4v) is 2.29. The number of carbonyl (C=O) groups is 2. The molecule has 0 spiro atoms. The third-order valence-corrected chi connectivity index (χ3v) is 3.64. The SMILES string of the molecule is CCOCCCN(CCC(=O)OC)C(=O)c1ccc(OC)c([N+](=O)[O-])c1. The van der Waals surface area contributed by atoms with Crippen molar-refractivity contribution in [1.29, 1.82) is 0 Å². The highest BCUT2D eigenvalue weighted by Crippen LogP contribution is 2.28. The van der Waals surface area contributed by atoms with Gasteiger partial charge in [0, 0.05) is 37.9 Å². The van der Waals surface area contributed by atoms with Gasteiger partial charge in [-0.3, -0.25) is 19.7 Å². The Morgan fingerprint density at radius 2 is 1.96 bits per heavy atom. The summed E-state index contributed by atoms with van der Waals surface area (Å²) in [6, 6.07) is 4.01. The summed E-state index contributed by atoms with van der Waals surface area (Å²) in [6.45, 7) is 3.42. The average molecular weight is 368 g/mol. The lowest BCUT2D eigenvalue weighted by Crippen LogP contribution is -2.34. The lowest BCUT2D eigenvalue weighted by molar-refractivity contribution is -0.385. The van der Waals surface area contributed by atoms with Gasteiger partial charge in [-0.1, -0.05) is 0 Å². The second-order valence-corrected chi connectivity index (χ2v) is 5.31. The number of rotatable bonds is 11. The Balaban J connectivity index is 2.96. The van der Waals surface area contributed by atoms with Crippen molar-refractivity contribution in [3.05, 3.63) is 33.9 Å². The number of nitro groups is 1. The normalized spacial score (nSPS) is 10.3. The molecule has 1 aromatic carbocycles. The Morgan fingerprint density at radius 3 is 2.54 bits per heavy atom. The third kappa shape index (κ3) is 6.32. The highest BCUT2D eigenvalue weighted by atomic mass is 16.6. The molecule has 26 heavy (non-hydrogen) atoms. The fourth-order valence-electron chi connectivity index (χ4n) is 2.29. The minimum Gasteiger partial charge on any atom is -0.490 e. The molecular weight excluding hydrogens is 344 g/mol. The number of ether oxygens (including phenoxy) is 3. The minimum absolute atomic E-state index is 0.0368. The van der Waals surface area contributed by atoms with Crippen molar-refractivity contribution < 1.29 is 28.7 Å². The predicted octanol–water partition coefficient (Wildman–Crippen LogP) is 2.04. The maximum Gasteiger partial charge on any atom is 0.311 e. The molecule has 0 aromatic heterocycles. The van der Waals surface area contributed by atoms with Crippen LogP contribution in [0.3, 0.4) is 0 Å². The molecule has 0 N–H and O–H groups in total. The molecule has 0 aliphatic rings. The molecule has 9 nitrogen and oxygen atoms in total. The van der Waals surface area contributed by atoms with E-state index in [4.69, 9.17) is 9.47 Å². The Kier molecular flexibility index (Phi) is 9.07. The van der Waals surface area contributed by atoms with Gasteiger partial charge in [0.15, 0.2) is 5.75 Å². The van der Waals surface area contributed by atoms with Gasteiger partial charge < -0.3 is 19.1 Å². The summed E-state index contributed by atoms with van der Waals surface area (Å²) in [4.78, 5) is 36.1. The van der Waals surface area contributed by atoms with Crippen molar-refractivity contribution >= 4 is 17.6 Å². The second-order valence-electron chi connectivity index (χ2n) is 5.31. The van der Waals surface area contributed by atoms with E-state index in [0.29, 0.717) is 26.2 Å². The van der Waals surface area contributed by atoms with Crippen molar-refractivity contribution in [3.8, 4) is 5.75 Å². The van der Waals surface area contributed by atoms with Gasteiger partial charge in [0.05, 0.1) is 25.6 Å². The minimum atomic E-state index is -0.608. The summed E-state index contributed by atoms with van der Waals surface area (Å²) < 4.78 is 14.8. The van der Waals surface area contributed by atoms with Crippen LogP contribution in [0.1, 0.15) is 30.1 Å². The van der Waals surface area contributed by atoms with E-state index in [1.165, 1.54) is 37.3 Å². The Labute approximate surface area is 152 Å². The highest BCUT2D eigenvalue weighted by Gasteiger charge is 2.22. The predicted molar refractivity (Wildman–Crippen MR) is 93.3 cm³/mol. The first kappa shape index (κ1) is 21.4. The molecule has 0 unspecified atom stereocenters. The number of nitro benzene ring substituents is 1. The molecule has 0 atom stereocenters. The molecule has 0 bridgehead atoms. The number of amides is 1. The first-order chi connectivity index (χ1) is 12.4. The number of carbonyl (C=O) groups excluding carboxylic acids is 2. The van der Waals surface area contributed by atoms with Gasteiger partial charge >= 0.3 is 11.7 Å². The van der Waals surface area contributed by atoms with Crippen molar-refractivity contribution in [1.82, 2.24) is 4.90 Å². The maximum atomic E-state index is 12.8. The average Bonchev–Trinajstić information content (AvgIpc) is 2.65. The summed E-state index contributed by atoms with van der Waals surface area (Å²) in [5, 5.41) is 11.1. The monoisotopic (exact) mass is 368 g/mol. The zero-order valence-electron chi connectivity index (χ0n) is 15.2. The molecule has 144 valence electrons. The van der Waals surface area contributed by atoms with Gasteiger partial charge in [0.1, 0.15) is 0 Å². The van der Waals surface area contributed by atoms with Crippen molar-refractivity contribution in [2.75, 3.05) is 40.5 Å². The van der Waals surface area contributed by atoms with E-state index in [2.05, 4.69) is 4.74 Å². The molecule has 1 amide bonds. The summed E-state index contributed by atoms with van der Waals surface area (Å²) in [5.74, 6) is -0.770. The van der Waals surface area contributed by atoms with Gasteiger partial charge in [-0.2, -0.15) is 0 Å². The fraction of sp³-hybridized carbons (Fsp3) is 0.529. The molecule has 1 aromatic rings. The first-order valence-electron chi connectivity index (χ1n) is 8.20. The van der Waals surface area contributed by atoms with E-state index in [0.717, 1.165) is 0 Å². The van der Waals surface area contributed by atoms with Crippen LogP contribution in [0.2, 0.25) is 0 Å². The molecule has 0 saturated carbocycles. The summed E-state index contributed by atoms with van der Waals surface area (Å²) >= 11 is 0. The molecule has 0 radical (unpaired) electrons. The van der Waals surface area contributed by atoms with Crippen LogP contribution in [0.25, 0.3) is 0 Å². The third-order valence-electron chi connectivity index (χ3n) is 3.64. The van der Waals surface area contributed by atoms with Crippen LogP contribution in [0.15, 0.2) is 18.2 Å². The Bertz CT molecular complexity index is 634. The number of methoxy groups -OCH3 is 2. The quantitative estimate of drug-likeness (QED) is 0.254. The number of nitrogens with zero attached hydrogens (tertiary/aromatic N) is 2. The maximum absolute atomic E-state index is 12.8. The lowest BCUT2D eigenvalue weighted by Gasteiger charge is -2.22. The molecule has 9 heteroatoms. The summed E-state index contributed by atoms with van der Waals surface area (Å²) in [6.07, 6.45) is 0.619. The van der Waals surface area contributed by atoms with Crippen LogP contribution in [-0.4, -0.2) is 62.2 Å². The zero-order valence-corrected chi connectivity index (χ0v) is 15.2. The number of benzene rings is 1. The smallest absolute Gasteiger partial charge is 0.311 e. The van der Waals surface area contributed by atoms with Crippen molar-refractivity contribution in [3.63, 3.8) is 0 Å². The van der Waals surface area contributed by atoms with Gasteiger partial charge in [0.2, 0.25) is 0 Å². The van der Waals surface area contributed by atoms with Crippen molar-refractivity contribution in [2.45, 2.75) is 19.8 Å². The van der Waals surface area contributed by atoms with Crippen molar-refractivity contribution in [2.24, 2.45) is 0 Å². The van der Waals surface area contributed by atoms with E-state index in [1.807, 2.05) is 6.92 Å². The van der Waals surface area contributed by atoms with Gasteiger partial charge in [0.25, 0.3) is 5.91 Å². The topological polar surface area (TPSA) is 108 Å². The molecule has 1 rings (SSSR count). The summed E-state index contributed by atoms with van der Waals surface area (Å²) in [5.41, 5.74) is -0.139. The first-order valence-corrected chi connectivity index (χ1v) is 8.20. The van der Waals surface area contributed by atoms with Gasteiger partial charge in [-0.15, -0.1) is 0 Å². The Morgan fingerprint density at radius 1 is 1.23 bits per heavy atom. The van der Waals surface area contributed by atoms with E-state index in [1.54, 1.807) is 0 Å². The van der Waals surface area contributed by atoms with Crippen LogP contribution in [0, 0.1) is 10.1 Å². The highest BCUT2D eigenvalue weighted by molar-refractivity contribution is 5.95. The summed E-state index contributed by atoms with van der Waals surface area (Å²) in [7, 11) is 2.59. The van der Waals surface area contributed by atoms with E-state index in [9.17, 15) is 19.7 Å². The van der Waals surface area contributed by atoms with Crippen LogP contribution < -0.4 is 4.74 Å².